The fourth-order valence-electron chi connectivity index (χ4n) is 2.85. The fourth-order valence-corrected chi connectivity index (χ4v) is 4.04. The average Bonchev–Trinajstić information content (AvgIpc) is 3.06. The van der Waals surface area contributed by atoms with Gasteiger partial charge in [-0.25, -0.2) is 5.43 Å². The Morgan fingerprint density at radius 2 is 1.79 bits per heavy atom. The number of thioether (sulfide) groups is 1. The first-order valence-corrected chi connectivity index (χ1v) is 10.7. The highest BCUT2D eigenvalue weighted by Gasteiger charge is 2.32. The maximum absolute atomic E-state index is 12.4. The van der Waals surface area contributed by atoms with Crippen molar-refractivity contribution in [2.75, 3.05) is 5.75 Å². The molecular formula is C23H27N3O2S. The van der Waals surface area contributed by atoms with Crippen LogP contribution in [-0.2, 0) is 11.3 Å². The third kappa shape index (κ3) is 5.26. The van der Waals surface area contributed by atoms with Gasteiger partial charge in [-0.05, 0) is 30.2 Å². The molecule has 1 N–H and O–H groups in total. The van der Waals surface area contributed by atoms with E-state index in [9.17, 15) is 9.59 Å². The Hall–Kier alpha value is -2.60. The summed E-state index contributed by atoms with van der Waals surface area (Å²) in [4.78, 5) is 26.7. The Balaban J connectivity index is 1.70. The maximum Gasteiger partial charge on any atom is 0.271 e. The molecule has 152 valence electrons. The van der Waals surface area contributed by atoms with E-state index in [1.807, 2.05) is 54.3 Å². The van der Waals surface area contributed by atoms with E-state index in [0.29, 0.717) is 17.9 Å². The quantitative estimate of drug-likeness (QED) is 0.579. The molecular weight excluding hydrogens is 382 g/mol. The molecule has 1 aliphatic heterocycles. The summed E-state index contributed by atoms with van der Waals surface area (Å²) in [5, 5.41) is 4.16. The zero-order chi connectivity index (χ0) is 21.0. The van der Waals surface area contributed by atoms with Crippen LogP contribution in [0.25, 0.3) is 0 Å². The Morgan fingerprint density at radius 3 is 2.41 bits per heavy atom. The number of nitrogens with one attached hydrogen (secondary N) is 1. The monoisotopic (exact) mass is 409 g/mol. The molecule has 6 heteroatoms. The summed E-state index contributed by atoms with van der Waals surface area (Å²) in [5.74, 6) is 0.370. The van der Waals surface area contributed by atoms with Crippen molar-refractivity contribution in [2.24, 2.45) is 10.5 Å². The number of hydrogen-bond acceptors (Lipinski definition) is 4. The molecule has 0 saturated carbocycles. The van der Waals surface area contributed by atoms with E-state index in [4.69, 9.17) is 0 Å². The highest BCUT2D eigenvalue weighted by molar-refractivity contribution is 8.00. The third-order valence-corrected chi connectivity index (χ3v) is 6.29. The summed E-state index contributed by atoms with van der Waals surface area (Å²) in [5.41, 5.74) is 6.06. The van der Waals surface area contributed by atoms with Crippen molar-refractivity contribution < 1.29 is 9.59 Å². The average molecular weight is 410 g/mol. The van der Waals surface area contributed by atoms with Crippen molar-refractivity contribution in [1.82, 2.24) is 10.3 Å². The van der Waals surface area contributed by atoms with Gasteiger partial charge in [0.15, 0.2) is 0 Å². The topological polar surface area (TPSA) is 61.8 Å². The molecule has 1 saturated heterocycles. The molecule has 0 bridgehead atoms. The number of hydrazone groups is 1. The Bertz CT molecular complexity index is 902. The van der Waals surface area contributed by atoms with Crippen LogP contribution in [0.2, 0.25) is 0 Å². The number of benzene rings is 2. The predicted octanol–water partition coefficient (Wildman–Crippen LogP) is 4.61. The Morgan fingerprint density at radius 1 is 1.14 bits per heavy atom. The molecule has 0 radical (unpaired) electrons. The molecule has 0 aliphatic carbocycles. The summed E-state index contributed by atoms with van der Waals surface area (Å²) in [6.07, 6.45) is 0. The van der Waals surface area contributed by atoms with Gasteiger partial charge in [-0.15, -0.1) is 11.8 Å². The third-order valence-electron chi connectivity index (χ3n) is 5.03. The minimum atomic E-state index is -0.239. The van der Waals surface area contributed by atoms with E-state index >= 15 is 0 Å². The highest BCUT2D eigenvalue weighted by Crippen LogP contribution is 2.39. The maximum atomic E-state index is 12.4. The zero-order valence-electron chi connectivity index (χ0n) is 17.3. The van der Waals surface area contributed by atoms with Gasteiger partial charge in [0, 0.05) is 23.2 Å². The molecule has 0 unspecified atom stereocenters. The van der Waals surface area contributed by atoms with Crippen LogP contribution in [0.4, 0.5) is 0 Å². The normalized spacial score (nSPS) is 17.5. The molecule has 1 heterocycles. The summed E-state index contributed by atoms with van der Waals surface area (Å²) >= 11 is 1.62. The lowest BCUT2D eigenvalue weighted by molar-refractivity contribution is -0.128. The number of carbonyl (C=O) groups is 2. The van der Waals surface area contributed by atoms with Crippen LogP contribution < -0.4 is 5.43 Å². The van der Waals surface area contributed by atoms with Gasteiger partial charge in [-0.1, -0.05) is 63.2 Å². The van der Waals surface area contributed by atoms with Gasteiger partial charge in [-0.3, -0.25) is 9.59 Å². The van der Waals surface area contributed by atoms with Gasteiger partial charge >= 0.3 is 0 Å². The largest absolute Gasteiger partial charge is 0.322 e. The van der Waals surface area contributed by atoms with Crippen molar-refractivity contribution in [3.05, 3.63) is 71.3 Å². The van der Waals surface area contributed by atoms with E-state index in [1.165, 1.54) is 0 Å². The first kappa shape index (κ1) is 21.1. The van der Waals surface area contributed by atoms with Crippen molar-refractivity contribution in [2.45, 2.75) is 39.6 Å². The lowest BCUT2D eigenvalue weighted by atomic mass is 9.91. The molecule has 29 heavy (non-hydrogen) atoms. The minimum Gasteiger partial charge on any atom is -0.322 e. The summed E-state index contributed by atoms with van der Waals surface area (Å²) in [6.45, 7) is 8.64. The van der Waals surface area contributed by atoms with Crippen LogP contribution in [0.3, 0.4) is 0 Å². The molecule has 1 atom stereocenters. The van der Waals surface area contributed by atoms with Crippen molar-refractivity contribution in [1.29, 1.82) is 0 Å². The van der Waals surface area contributed by atoms with Gasteiger partial charge < -0.3 is 4.90 Å². The van der Waals surface area contributed by atoms with Gasteiger partial charge in [0.25, 0.3) is 5.91 Å². The SMILES string of the molecule is C/C(=N/NC(=O)c1ccc([C@@H]2SCC(=O)N2Cc2ccccc2)cc1)C(C)(C)C. The van der Waals surface area contributed by atoms with Crippen LogP contribution in [0, 0.1) is 5.41 Å². The van der Waals surface area contributed by atoms with Crippen LogP contribution in [0.1, 0.15) is 54.6 Å². The summed E-state index contributed by atoms with van der Waals surface area (Å²) < 4.78 is 0. The van der Waals surface area contributed by atoms with Gasteiger partial charge in [-0.2, -0.15) is 5.10 Å². The molecule has 3 rings (SSSR count). The van der Waals surface area contributed by atoms with Crippen molar-refractivity contribution >= 4 is 29.3 Å². The van der Waals surface area contributed by atoms with E-state index in [-0.39, 0.29) is 22.6 Å². The van der Waals surface area contributed by atoms with Crippen LogP contribution in [0.5, 0.6) is 0 Å². The molecule has 2 aromatic rings. The van der Waals surface area contributed by atoms with E-state index in [1.54, 1.807) is 23.9 Å². The van der Waals surface area contributed by atoms with E-state index in [2.05, 4.69) is 31.3 Å². The second-order valence-corrected chi connectivity index (χ2v) is 9.25. The summed E-state index contributed by atoms with van der Waals surface area (Å²) in [7, 11) is 0. The van der Waals surface area contributed by atoms with Crippen LogP contribution in [-0.4, -0.2) is 28.2 Å². The van der Waals surface area contributed by atoms with Gasteiger partial charge in [0.05, 0.1) is 5.75 Å². The van der Waals surface area contributed by atoms with E-state index < -0.39 is 0 Å². The second kappa shape index (κ2) is 8.82. The van der Waals surface area contributed by atoms with Crippen molar-refractivity contribution in [3.8, 4) is 0 Å². The number of nitrogens with zero attached hydrogens (tertiary/aromatic N) is 2. The standard InChI is InChI=1S/C23H27N3O2S/c1-16(23(2,3)4)24-25-21(28)18-10-12-19(13-11-18)22-26(20(27)15-29-22)14-17-8-6-5-7-9-17/h5-13,22H,14-15H2,1-4H3,(H,25,28)/b24-16-/t22-/m0/s1. The number of carbonyl (C=O) groups excluding carboxylic acids is 2. The Kier molecular flexibility index (Phi) is 6.42. The van der Waals surface area contributed by atoms with Crippen LogP contribution >= 0.6 is 11.8 Å². The highest BCUT2D eigenvalue weighted by atomic mass is 32.2. The smallest absolute Gasteiger partial charge is 0.271 e. The molecule has 1 aliphatic rings. The number of rotatable bonds is 5. The van der Waals surface area contributed by atoms with Crippen LogP contribution in [0.15, 0.2) is 59.7 Å². The molecule has 2 aromatic carbocycles. The first-order valence-electron chi connectivity index (χ1n) is 9.66. The minimum absolute atomic E-state index is 0.0408. The molecule has 0 spiro atoms. The van der Waals surface area contributed by atoms with Gasteiger partial charge in [0.2, 0.25) is 5.91 Å². The van der Waals surface area contributed by atoms with E-state index in [0.717, 1.165) is 16.8 Å². The number of amides is 2. The molecule has 5 nitrogen and oxygen atoms in total. The molecule has 2 amide bonds. The first-order chi connectivity index (χ1) is 13.8. The predicted molar refractivity (Wildman–Crippen MR) is 119 cm³/mol. The molecule has 0 aromatic heterocycles. The second-order valence-electron chi connectivity index (χ2n) is 8.18. The Labute approximate surface area is 176 Å². The fraction of sp³-hybridized carbons (Fsp3) is 0.348. The molecule has 1 fully saturated rings. The lowest BCUT2D eigenvalue weighted by Gasteiger charge is -2.24. The zero-order valence-corrected chi connectivity index (χ0v) is 18.1. The number of hydrogen-bond donors (Lipinski definition) is 1. The van der Waals surface area contributed by atoms with Gasteiger partial charge in [0.1, 0.15) is 5.37 Å². The lowest BCUT2D eigenvalue weighted by Crippen LogP contribution is -2.27. The summed E-state index contributed by atoms with van der Waals surface area (Å²) in [6, 6.07) is 17.4. The van der Waals surface area contributed by atoms with Crippen molar-refractivity contribution in [3.63, 3.8) is 0 Å².